The molecular weight excluding hydrogens is 162 g/mol. The highest BCUT2D eigenvalue weighted by atomic mass is 35.5. The average Bonchev–Trinajstić information content (AvgIpc) is 2.04. The molecular formula is C7H8ClN3. The molecule has 58 valence electrons. The first-order valence-corrected chi connectivity index (χ1v) is 3.46. The van der Waals surface area contributed by atoms with Gasteiger partial charge in [-0.25, -0.2) is 9.98 Å². The summed E-state index contributed by atoms with van der Waals surface area (Å²) in [4.78, 5) is 7.63. The second kappa shape index (κ2) is 3.34. The predicted molar refractivity (Wildman–Crippen MR) is 48.0 cm³/mol. The van der Waals surface area contributed by atoms with E-state index < -0.39 is 0 Å². The number of halogens is 1. The summed E-state index contributed by atoms with van der Waals surface area (Å²) in [5.41, 5.74) is 0.824. The number of rotatable bonds is 2. The summed E-state index contributed by atoms with van der Waals surface area (Å²) >= 11 is 5.63. The lowest BCUT2D eigenvalue weighted by atomic mass is 10.4. The molecule has 1 aromatic rings. The van der Waals surface area contributed by atoms with Crippen molar-refractivity contribution >= 4 is 29.8 Å². The first-order chi connectivity index (χ1) is 5.27. The van der Waals surface area contributed by atoms with Crippen LogP contribution in [0.1, 0.15) is 0 Å². The predicted octanol–water partition coefficient (Wildman–Crippen LogP) is 2.11. The van der Waals surface area contributed by atoms with E-state index in [0.717, 1.165) is 5.69 Å². The van der Waals surface area contributed by atoms with Crippen molar-refractivity contribution in [1.29, 1.82) is 0 Å². The zero-order chi connectivity index (χ0) is 8.27. The quantitative estimate of drug-likeness (QED) is 0.544. The SMILES string of the molecule is C=Nc1nc(Cl)ccc1NC. The monoisotopic (exact) mass is 169 g/mol. The van der Waals surface area contributed by atoms with Gasteiger partial charge >= 0.3 is 0 Å². The molecule has 11 heavy (non-hydrogen) atoms. The van der Waals surface area contributed by atoms with Crippen molar-refractivity contribution < 1.29 is 0 Å². The number of nitrogens with zero attached hydrogens (tertiary/aromatic N) is 2. The van der Waals surface area contributed by atoms with Gasteiger partial charge in [0.1, 0.15) is 5.15 Å². The maximum absolute atomic E-state index is 5.63. The van der Waals surface area contributed by atoms with Crippen molar-refractivity contribution in [2.24, 2.45) is 4.99 Å². The van der Waals surface area contributed by atoms with E-state index >= 15 is 0 Å². The van der Waals surface area contributed by atoms with E-state index in [-0.39, 0.29) is 0 Å². The molecule has 0 atom stereocenters. The third-order valence-electron chi connectivity index (χ3n) is 1.26. The van der Waals surface area contributed by atoms with E-state index in [0.29, 0.717) is 11.0 Å². The topological polar surface area (TPSA) is 37.3 Å². The highest BCUT2D eigenvalue weighted by Gasteiger charge is 1.99. The van der Waals surface area contributed by atoms with Gasteiger partial charge in [-0.15, -0.1) is 0 Å². The van der Waals surface area contributed by atoms with Gasteiger partial charge in [-0.05, 0) is 18.9 Å². The fourth-order valence-electron chi connectivity index (χ4n) is 0.741. The Morgan fingerprint density at radius 1 is 1.64 bits per heavy atom. The molecule has 0 aliphatic carbocycles. The smallest absolute Gasteiger partial charge is 0.176 e. The van der Waals surface area contributed by atoms with Crippen LogP contribution in [0.3, 0.4) is 0 Å². The second-order valence-corrected chi connectivity index (χ2v) is 2.30. The molecule has 0 saturated carbocycles. The fourth-order valence-corrected chi connectivity index (χ4v) is 0.884. The van der Waals surface area contributed by atoms with Gasteiger partial charge in [-0.2, -0.15) is 0 Å². The first-order valence-electron chi connectivity index (χ1n) is 3.09. The average molecular weight is 170 g/mol. The van der Waals surface area contributed by atoms with Gasteiger partial charge in [-0.3, -0.25) is 0 Å². The van der Waals surface area contributed by atoms with Crippen LogP contribution in [0.5, 0.6) is 0 Å². The second-order valence-electron chi connectivity index (χ2n) is 1.91. The molecule has 0 unspecified atom stereocenters. The van der Waals surface area contributed by atoms with E-state index in [9.17, 15) is 0 Å². The van der Waals surface area contributed by atoms with Crippen LogP contribution < -0.4 is 5.32 Å². The maximum atomic E-state index is 5.63. The van der Waals surface area contributed by atoms with Gasteiger partial charge in [0.05, 0.1) is 5.69 Å². The highest BCUT2D eigenvalue weighted by molar-refractivity contribution is 6.29. The van der Waals surface area contributed by atoms with Crippen LogP contribution in [-0.2, 0) is 0 Å². The Kier molecular flexibility index (Phi) is 2.44. The van der Waals surface area contributed by atoms with Crippen LogP contribution in [0.15, 0.2) is 17.1 Å². The summed E-state index contributed by atoms with van der Waals surface area (Å²) in [6, 6.07) is 3.50. The van der Waals surface area contributed by atoms with Gasteiger partial charge in [0.15, 0.2) is 5.82 Å². The Labute approximate surface area is 70.1 Å². The Morgan fingerprint density at radius 2 is 2.36 bits per heavy atom. The number of aliphatic imine (C=N–C) groups is 1. The molecule has 3 nitrogen and oxygen atoms in total. The van der Waals surface area contributed by atoms with E-state index in [4.69, 9.17) is 11.6 Å². The maximum Gasteiger partial charge on any atom is 0.176 e. The largest absolute Gasteiger partial charge is 0.385 e. The van der Waals surface area contributed by atoms with Crippen LogP contribution in [-0.4, -0.2) is 18.7 Å². The van der Waals surface area contributed by atoms with Crippen molar-refractivity contribution in [2.75, 3.05) is 12.4 Å². The summed E-state index contributed by atoms with van der Waals surface area (Å²) in [5.74, 6) is 0.528. The van der Waals surface area contributed by atoms with Gasteiger partial charge in [0.2, 0.25) is 0 Å². The Balaban J connectivity index is 3.16. The molecule has 1 N–H and O–H groups in total. The number of hydrogen-bond donors (Lipinski definition) is 1. The standard InChI is InChI=1S/C7H8ClN3/c1-9-5-3-4-6(8)11-7(5)10-2/h3-4,9H,2H2,1H3. The van der Waals surface area contributed by atoms with Gasteiger partial charge in [0.25, 0.3) is 0 Å². The minimum absolute atomic E-state index is 0.423. The highest BCUT2D eigenvalue weighted by Crippen LogP contribution is 2.22. The van der Waals surface area contributed by atoms with E-state index in [1.807, 2.05) is 0 Å². The molecule has 0 aliphatic rings. The molecule has 1 heterocycles. The van der Waals surface area contributed by atoms with Crippen LogP contribution in [0.25, 0.3) is 0 Å². The molecule has 0 saturated heterocycles. The number of hydrogen-bond acceptors (Lipinski definition) is 3. The van der Waals surface area contributed by atoms with Crippen LogP contribution >= 0.6 is 11.6 Å². The number of pyridine rings is 1. The van der Waals surface area contributed by atoms with Crippen molar-refractivity contribution in [1.82, 2.24) is 4.98 Å². The van der Waals surface area contributed by atoms with Crippen molar-refractivity contribution in [3.63, 3.8) is 0 Å². The first kappa shape index (κ1) is 8.01. The molecule has 0 fully saturated rings. The van der Waals surface area contributed by atoms with Gasteiger partial charge in [-0.1, -0.05) is 11.6 Å². The lowest BCUT2D eigenvalue weighted by Crippen LogP contribution is -1.89. The fraction of sp³-hybridized carbons (Fsp3) is 0.143. The van der Waals surface area contributed by atoms with Crippen LogP contribution in [0, 0.1) is 0 Å². The van der Waals surface area contributed by atoms with Crippen molar-refractivity contribution in [3.05, 3.63) is 17.3 Å². The molecule has 4 heteroatoms. The van der Waals surface area contributed by atoms with E-state index in [2.05, 4.69) is 22.0 Å². The van der Waals surface area contributed by atoms with Crippen LogP contribution in [0.2, 0.25) is 5.15 Å². The molecule has 0 bridgehead atoms. The minimum atomic E-state index is 0.423. The molecule has 0 aliphatic heterocycles. The third kappa shape index (κ3) is 1.68. The molecule has 0 amide bonds. The molecule has 1 aromatic heterocycles. The summed E-state index contributed by atoms with van der Waals surface area (Å²) in [6.07, 6.45) is 0. The Hall–Kier alpha value is -1.09. The molecule has 1 rings (SSSR count). The number of aromatic nitrogens is 1. The summed E-state index contributed by atoms with van der Waals surface area (Å²) < 4.78 is 0. The van der Waals surface area contributed by atoms with E-state index in [1.165, 1.54) is 0 Å². The summed E-state index contributed by atoms with van der Waals surface area (Å²) in [5, 5.41) is 3.34. The molecule has 0 radical (unpaired) electrons. The normalized spacial score (nSPS) is 9.27. The zero-order valence-corrected chi connectivity index (χ0v) is 6.89. The third-order valence-corrected chi connectivity index (χ3v) is 1.47. The van der Waals surface area contributed by atoms with Crippen molar-refractivity contribution in [3.8, 4) is 0 Å². The lowest BCUT2D eigenvalue weighted by Gasteiger charge is -2.02. The van der Waals surface area contributed by atoms with Crippen molar-refractivity contribution in [2.45, 2.75) is 0 Å². The molecule has 0 spiro atoms. The Morgan fingerprint density at radius 3 is 2.91 bits per heavy atom. The minimum Gasteiger partial charge on any atom is -0.385 e. The van der Waals surface area contributed by atoms with Crippen LogP contribution in [0.4, 0.5) is 11.5 Å². The number of anilines is 1. The van der Waals surface area contributed by atoms with Gasteiger partial charge in [0, 0.05) is 7.05 Å². The number of nitrogens with one attached hydrogen (secondary N) is 1. The van der Waals surface area contributed by atoms with Gasteiger partial charge < -0.3 is 5.32 Å². The summed E-state index contributed by atoms with van der Waals surface area (Å²) in [6.45, 7) is 3.37. The Bertz CT molecular complexity index is 272. The summed E-state index contributed by atoms with van der Waals surface area (Å²) in [7, 11) is 1.79. The lowest BCUT2D eigenvalue weighted by molar-refractivity contribution is 1.27. The van der Waals surface area contributed by atoms with E-state index in [1.54, 1.807) is 19.2 Å². The zero-order valence-electron chi connectivity index (χ0n) is 6.13. The molecule has 0 aromatic carbocycles.